The summed E-state index contributed by atoms with van der Waals surface area (Å²) in [5, 5.41) is 3.35. The predicted octanol–water partition coefficient (Wildman–Crippen LogP) is 5.03. The number of hydrogen-bond acceptors (Lipinski definition) is 7. The van der Waals surface area contributed by atoms with Crippen molar-refractivity contribution in [1.82, 2.24) is 9.80 Å². The standard InChI is InChI=1S/C34H41N5O4S/c1-3-23-43-29-15-13-26(14-16-29)35-32(40)25-31-33(41)39(28-11-7-12-30(24-28)42-2)34(44)38(31)18-8-17-36-19-21-37(22-20-36)27-9-5-4-6-10-27/h4-7,9-16,24,31H,3,8,17-23,25H2,1-2H3,(H,35,40). The molecule has 1 unspecified atom stereocenters. The van der Waals surface area contributed by atoms with E-state index in [1.54, 1.807) is 13.2 Å². The Bertz CT molecular complexity index is 1410. The molecule has 2 amide bonds. The van der Waals surface area contributed by atoms with E-state index in [2.05, 4.69) is 46.3 Å². The molecule has 232 valence electrons. The highest BCUT2D eigenvalue weighted by Crippen LogP contribution is 2.30. The molecular formula is C34H41N5O4S. The van der Waals surface area contributed by atoms with Crippen LogP contribution in [0, 0.1) is 0 Å². The topological polar surface area (TPSA) is 77.6 Å². The van der Waals surface area contributed by atoms with Crippen LogP contribution in [-0.4, -0.2) is 85.8 Å². The van der Waals surface area contributed by atoms with Gasteiger partial charge in [-0.05, 0) is 80.1 Å². The lowest BCUT2D eigenvalue weighted by atomic mass is 10.1. The third kappa shape index (κ3) is 7.67. The number of rotatable bonds is 13. The van der Waals surface area contributed by atoms with E-state index in [1.807, 2.05) is 53.4 Å². The Morgan fingerprint density at radius 1 is 0.909 bits per heavy atom. The zero-order valence-electron chi connectivity index (χ0n) is 25.5. The number of thiocarbonyl (C=S) groups is 1. The molecule has 9 nitrogen and oxygen atoms in total. The van der Waals surface area contributed by atoms with E-state index in [4.69, 9.17) is 21.7 Å². The molecule has 0 aromatic heterocycles. The number of nitrogens with zero attached hydrogens (tertiary/aromatic N) is 4. The molecule has 1 N–H and O–H groups in total. The van der Waals surface area contributed by atoms with Gasteiger partial charge in [0.1, 0.15) is 17.5 Å². The van der Waals surface area contributed by atoms with Gasteiger partial charge < -0.3 is 24.6 Å². The van der Waals surface area contributed by atoms with E-state index >= 15 is 0 Å². The van der Waals surface area contributed by atoms with Crippen molar-refractivity contribution in [2.75, 3.05) is 68.1 Å². The average Bonchev–Trinajstić information content (AvgIpc) is 3.29. The maximum atomic E-state index is 13.8. The first-order chi connectivity index (χ1) is 21.5. The van der Waals surface area contributed by atoms with Crippen molar-refractivity contribution >= 4 is 46.2 Å². The Morgan fingerprint density at radius 3 is 2.34 bits per heavy atom. The number of carbonyl (C=O) groups is 2. The normalized spacial score (nSPS) is 17.2. The Morgan fingerprint density at radius 2 is 1.64 bits per heavy atom. The number of nitrogens with one attached hydrogen (secondary N) is 1. The summed E-state index contributed by atoms with van der Waals surface area (Å²) in [6, 6.07) is 24.4. The lowest BCUT2D eigenvalue weighted by Crippen LogP contribution is -2.47. The number of para-hydroxylation sites is 1. The molecule has 0 radical (unpaired) electrons. The summed E-state index contributed by atoms with van der Waals surface area (Å²) in [7, 11) is 1.59. The van der Waals surface area contributed by atoms with Gasteiger partial charge in [-0.1, -0.05) is 31.2 Å². The quantitative estimate of drug-likeness (QED) is 0.269. The van der Waals surface area contributed by atoms with Crippen molar-refractivity contribution in [1.29, 1.82) is 0 Å². The Labute approximate surface area is 265 Å². The molecule has 10 heteroatoms. The number of methoxy groups -OCH3 is 1. The molecule has 1 atom stereocenters. The molecule has 0 bridgehead atoms. The third-order valence-electron chi connectivity index (χ3n) is 7.99. The van der Waals surface area contributed by atoms with Gasteiger partial charge in [0.15, 0.2) is 5.11 Å². The second kappa shape index (κ2) is 15.0. The molecule has 2 fully saturated rings. The minimum Gasteiger partial charge on any atom is -0.497 e. The van der Waals surface area contributed by atoms with E-state index in [9.17, 15) is 9.59 Å². The Kier molecular flexibility index (Phi) is 10.7. The molecule has 44 heavy (non-hydrogen) atoms. The lowest BCUT2D eigenvalue weighted by Gasteiger charge is -2.36. The van der Waals surface area contributed by atoms with Crippen LogP contribution in [0.5, 0.6) is 11.5 Å². The highest BCUT2D eigenvalue weighted by molar-refractivity contribution is 7.80. The van der Waals surface area contributed by atoms with E-state index in [1.165, 1.54) is 10.6 Å². The smallest absolute Gasteiger partial charge is 0.256 e. The Balaban J connectivity index is 1.23. The highest BCUT2D eigenvalue weighted by Gasteiger charge is 2.44. The van der Waals surface area contributed by atoms with Gasteiger partial charge in [0.2, 0.25) is 5.91 Å². The number of benzene rings is 3. The summed E-state index contributed by atoms with van der Waals surface area (Å²) in [5.41, 5.74) is 2.54. The summed E-state index contributed by atoms with van der Waals surface area (Å²) < 4.78 is 11.0. The molecule has 2 aliphatic rings. The predicted molar refractivity (Wildman–Crippen MR) is 179 cm³/mol. The molecule has 2 heterocycles. The monoisotopic (exact) mass is 615 g/mol. The molecule has 0 aliphatic carbocycles. The van der Waals surface area contributed by atoms with Gasteiger partial charge in [0.25, 0.3) is 5.91 Å². The van der Waals surface area contributed by atoms with Crippen LogP contribution < -0.4 is 24.6 Å². The van der Waals surface area contributed by atoms with Crippen molar-refractivity contribution in [3.63, 3.8) is 0 Å². The van der Waals surface area contributed by atoms with Gasteiger partial charge in [-0.15, -0.1) is 0 Å². The van der Waals surface area contributed by atoms with Crippen molar-refractivity contribution in [3.8, 4) is 11.5 Å². The minimum absolute atomic E-state index is 0.0106. The van der Waals surface area contributed by atoms with E-state index < -0.39 is 6.04 Å². The van der Waals surface area contributed by atoms with Crippen LogP contribution in [0.1, 0.15) is 26.2 Å². The average molecular weight is 616 g/mol. The van der Waals surface area contributed by atoms with Crippen molar-refractivity contribution < 1.29 is 19.1 Å². The largest absolute Gasteiger partial charge is 0.497 e. The second-order valence-electron chi connectivity index (χ2n) is 11.0. The molecule has 3 aromatic rings. The van der Waals surface area contributed by atoms with E-state index in [-0.39, 0.29) is 18.2 Å². The molecule has 0 saturated carbocycles. The first kappa shape index (κ1) is 31.3. The van der Waals surface area contributed by atoms with E-state index in [0.717, 1.165) is 51.3 Å². The second-order valence-corrected chi connectivity index (χ2v) is 11.4. The van der Waals surface area contributed by atoms with Gasteiger partial charge in [0.05, 0.1) is 25.8 Å². The highest BCUT2D eigenvalue weighted by atomic mass is 32.1. The van der Waals surface area contributed by atoms with Gasteiger partial charge in [0, 0.05) is 50.2 Å². The lowest BCUT2D eigenvalue weighted by molar-refractivity contribution is -0.124. The van der Waals surface area contributed by atoms with Crippen LogP contribution in [0.4, 0.5) is 17.1 Å². The number of piperazine rings is 1. The third-order valence-corrected chi connectivity index (χ3v) is 8.40. The minimum atomic E-state index is -0.698. The van der Waals surface area contributed by atoms with Crippen molar-refractivity contribution in [3.05, 3.63) is 78.9 Å². The maximum absolute atomic E-state index is 13.8. The zero-order chi connectivity index (χ0) is 30.9. The van der Waals surface area contributed by atoms with Gasteiger partial charge in [-0.25, -0.2) is 0 Å². The number of anilines is 3. The number of ether oxygens (including phenoxy) is 2. The molecule has 2 saturated heterocycles. The van der Waals surface area contributed by atoms with Gasteiger partial charge in [-0.2, -0.15) is 0 Å². The summed E-state index contributed by atoms with van der Waals surface area (Å²) >= 11 is 5.87. The van der Waals surface area contributed by atoms with Crippen LogP contribution in [0.25, 0.3) is 0 Å². The summed E-state index contributed by atoms with van der Waals surface area (Å²) in [6.45, 7) is 8.05. The summed E-state index contributed by atoms with van der Waals surface area (Å²) in [4.78, 5) is 35.4. The molecule has 3 aromatic carbocycles. The van der Waals surface area contributed by atoms with Crippen LogP contribution >= 0.6 is 12.2 Å². The fraction of sp³-hybridized carbons (Fsp3) is 0.382. The molecular weight excluding hydrogens is 574 g/mol. The van der Waals surface area contributed by atoms with Crippen LogP contribution in [-0.2, 0) is 9.59 Å². The number of amides is 2. The van der Waals surface area contributed by atoms with E-state index in [0.29, 0.717) is 35.4 Å². The fourth-order valence-corrected chi connectivity index (χ4v) is 6.06. The molecule has 0 spiro atoms. The molecule has 2 aliphatic heterocycles. The fourth-order valence-electron chi connectivity index (χ4n) is 5.65. The first-order valence-electron chi connectivity index (χ1n) is 15.3. The van der Waals surface area contributed by atoms with Crippen molar-refractivity contribution in [2.45, 2.75) is 32.2 Å². The first-order valence-corrected chi connectivity index (χ1v) is 15.7. The van der Waals surface area contributed by atoms with Gasteiger partial charge >= 0.3 is 0 Å². The number of hydrogen-bond donors (Lipinski definition) is 1. The SMILES string of the molecule is CCCOc1ccc(NC(=O)CC2C(=O)N(c3cccc(OC)c3)C(=S)N2CCCN2CCN(c3ccccc3)CC2)cc1. The van der Waals surface area contributed by atoms with Crippen molar-refractivity contribution in [2.24, 2.45) is 0 Å². The maximum Gasteiger partial charge on any atom is 0.256 e. The summed E-state index contributed by atoms with van der Waals surface area (Å²) in [6.07, 6.45) is 1.73. The van der Waals surface area contributed by atoms with Crippen LogP contribution in [0.3, 0.4) is 0 Å². The van der Waals surface area contributed by atoms with Crippen LogP contribution in [0.2, 0.25) is 0 Å². The Hall–Kier alpha value is -4.15. The number of carbonyl (C=O) groups excluding carboxylic acids is 2. The summed E-state index contributed by atoms with van der Waals surface area (Å²) in [5.74, 6) is 0.927. The van der Waals surface area contributed by atoms with Gasteiger partial charge in [-0.3, -0.25) is 19.4 Å². The van der Waals surface area contributed by atoms with Crippen LogP contribution in [0.15, 0.2) is 78.9 Å². The zero-order valence-corrected chi connectivity index (χ0v) is 26.3. The molecule has 5 rings (SSSR count).